The average molecular weight is 418 g/mol. The molecule has 1 aliphatic rings. The molecule has 4 rings (SSSR count). The number of benzene rings is 1. The highest BCUT2D eigenvalue weighted by Crippen LogP contribution is 2.32. The molecule has 9 heteroatoms. The number of nitrogens with zero attached hydrogens (tertiary/aromatic N) is 4. The van der Waals surface area contributed by atoms with Crippen molar-refractivity contribution < 1.29 is 18.0 Å². The lowest BCUT2D eigenvalue weighted by atomic mass is 10.1. The Kier molecular flexibility index (Phi) is 5.23. The zero-order valence-electron chi connectivity index (χ0n) is 15.3. The minimum atomic E-state index is -4.56. The molecule has 0 atom stereocenters. The van der Waals surface area contributed by atoms with Gasteiger partial charge in [-0.05, 0) is 35.7 Å². The van der Waals surface area contributed by atoms with E-state index >= 15 is 0 Å². The van der Waals surface area contributed by atoms with E-state index in [-0.39, 0.29) is 5.56 Å². The predicted molar refractivity (Wildman–Crippen MR) is 105 cm³/mol. The van der Waals surface area contributed by atoms with E-state index in [2.05, 4.69) is 10.2 Å². The second-order valence-electron chi connectivity index (χ2n) is 6.58. The van der Waals surface area contributed by atoms with Crippen LogP contribution < -0.4 is 4.90 Å². The van der Waals surface area contributed by atoms with Crippen LogP contribution >= 0.6 is 11.3 Å². The molecular weight excluding hydrogens is 401 g/mol. The molecule has 150 valence electrons. The first-order valence-electron chi connectivity index (χ1n) is 9.01. The molecule has 1 aromatic carbocycles. The van der Waals surface area contributed by atoms with Crippen LogP contribution in [0.5, 0.6) is 0 Å². The Morgan fingerprint density at radius 1 is 0.931 bits per heavy atom. The number of aromatic nitrogens is 2. The maximum atomic E-state index is 13.2. The molecule has 1 saturated heterocycles. The Morgan fingerprint density at radius 3 is 2.31 bits per heavy atom. The van der Waals surface area contributed by atoms with Gasteiger partial charge in [-0.25, -0.2) is 0 Å². The van der Waals surface area contributed by atoms with Crippen LogP contribution in [0.2, 0.25) is 0 Å². The van der Waals surface area contributed by atoms with Gasteiger partial charge in [0.05, 0.1) is 16.0 Å². The SMILES string of the molecule is O=C(c1ccccc1C(F)(F)F)N1CCN(c2ccc(-c3cccs3)nn2)CC1. The fourth-order valence-corrected chi connectivity index (χ4v) is 3.97. The van der Waals surface area contributed by atoms with Crippen LogP contribution in [0.1, 0.15) is 15.9 Å². The summed E-state index contributed by atoms with van der Waals surface area (Å²) < 4.78 is 39.6. The molecule has 0 spiro atoms. The number of amides is 1. The number of rotatable bonds is 3. The monoisotopic (exact) mass is 418 g/mol. The van der Waals surface area contributed by atoms with Crippen LogP contribution in [0.25, 0.3) is 10.6 Å². The molecule has 3 aromatic rings. The van der Waals surface area contributed by atoms with E-state index in [9.17, 15) is 18.0 Å². The second kappa shape index (κ2) is 7.82. The van der Waals surface area contributed by atoms with Gasteiger partial charge >= 0.3 is 6.18 Å². The minimum absolute atomic E-state index is 0.312. The lowest BCUT2D eigenvalue weighted by Gasteiger charge is -2.35. The van der Waals surface area contributed by atoms with Crippen molar-refractivity contribution in [3.05, 3.63) is 65.0 Å². The highest BCUT2D eigenvalue weighted by atomic mass is 32.1. The molecule has 0 aliphatic carbocycles. The van der Waals surface area contributed by atoms with Gasteiger partial charge in [0.25, 0.3) is 5.91 Å². The average Bonchev–Trinajstić information content (AvgIpc) is 3.28. The quantitative estimate of drug-likeness (QED) is 0.640. The maximum Gasteiger partial charge on any atom is 0.417 e. The normalized spacial score (nSPS) is 14.9. The van der Waals surface area contributed by atoms with Crippen LogP contribution in [0.15, 0.2) is 53.9 Å². The van der Waals surface area contributed by atoms with Gasteiger partial charge in [0, 0.05) is 26.2 Å². The van der Waals surface area contributed by atoms with E-state index in [4.69, 9.17) is 0 Å². The molecule has 1 aliphatic heterocycles. The molecular formula is C20H17F3N4OS. The number of hydrogen-bond donors (Lipinski definition) is 0. The zero-order valence-corrected chi connectivity index (χ0v) is 16.1. The van der Waals surface area contributed by atoms with Gasteiger partial charge in [-0.1, -0.05) is 18.2 Å². The predicted octanol–water partition coefficient (Wildman–Crippen LogP) is 4.19. The molecule has 0 saturated carbocycles. The van der Waals surface area contributed by atoms with E-state index in [1.165, 1.54) is 23.1 Å². The van der Waals surface area contributed by atoms with Crippen LogP contribution in [-0.4, -0.2) is 47.2 Å². The van der Waals surface area contributed by atoms with E-state index in [1.807, 2.05) is 34.5 Å². The first-order chi connectivity index (χ1) is 13.9. The highest BCUT2D eigenvalue weighted by Gasteiger charge is 2.36. The minimum Gasteiger partial charge on any atom is -0.352 e. The standard InChI is InChI=1S/C20H17F3N4OS/c21-20(22,23)15-5-2-1-4-14(15)19(28)27-11-9-26(10-12-27)18-8-7-16(24-25-18)17-6-3-13-29-17/h1-8,13H,9-12H2. The summed E-state index contributed by atoms with van der Waals surface area (Å²) >= 11 is 1.58. The smallest absolute Gasteiger partial charge is 0.352 e. The number of alkyl halides is 3. The van der Waals surface area contributed by atoms with Crippen LogP contribution in [0.3, 0.4) is 0 Å². The fraction of sp³-hybridized carbons (Fsp3) is 0.250. The topological polar surface area (TPSA) is 49.3 Å². The van der Waals surface area contributed by atoms with Gasteiger partial charge in [0.2, 0.25) is 0 Å². The number of hydrogen-bond acceptors (Lipinski definition) is 5. The third kappa shape index (κ3) is 4.09. The van der Waals surface area contributed by atoms with E-state index < -0.39 is 17.6 Å². The maximum absolute atomic E-state index is 13.2. The lowest BCUT2D eigenvalue weighted by Crippen LogP contribution is -2.49. The summed E-state index contributed by atoms with van der Waals surface area (Å²) in [5.74, 6) is 0.0878. The summed E-state index contributed by atoms with van der Waals surface area (Å²) in [5, 5.41) is 10.5. The molecule has 29 heavy (non-hydrogen) atoms. The number of piperazine rings is 1. The lowest BCUT2D eigenvalue weighted by molar-refractivity contribution is -0.138. The van der Waals surface area contributed by atoms with Crippen molar-refractivity contribution in [3.8, 4) is 10.6 Å². The number of thiophene rings is 1. The van der Waals surface area contributed by atoms with Crippen molar-refractivity contribution in [1.29, 1.82) is 0 Å². The number of carbonyl (C=O) groups excluding carboxylic acids is 1. The summed E-state index contributed by atoms with van der Waals surface area (Å²) in [5.41, 5.74) is -0.419. The zero-order chi connectivity index (χ0) is 20.4. The van der Waals surface area contributed by atoms with Crippen molar-refractivity contribution in [1.82, 2.24) is 15.1 Å². The molecule has 0 bridgehead atoms. The molecule has 0 N–H and O–H groups in total. The Morgan fingerprint density at radius 2 is 1.69 bits per heavy atom. The van der Waals surface area contributed by atoms with Crippen molar-refractivity contribution in [2.45, 2.75) is 6.18 Å². The molecule has 5 nitrogen and oxygen atoms in total. The number of anilines is 1. The Balaban J connectivity index is 1.43. The van der Waals surface area contributed by atoms with E-state index in [1.54, 1.807) is 11.3 Å². The van der Waals surface area contributed by atoms with Crippen molar-refractivity contribution in [2.75, 3.05) is 31.1 Å². The number of carbonyl (C=O) groups is 1. The Bertz CT molecular complexity index is 982. The van der Waals surface area contributed by atoms with Crippen LogP contribution in [-0.2, 0) is 6.18 Å². The van der Waals surface area contributed by atoms with Gasteiger partial charge in [-0.3, -0.25) is 4.79 Å². The first-order valence-corrected chi connectivity index (χ1v) is 9.89. The fourth-order valence-electron chi connectivity index (χ4n) is 3.28. The molecule has 2 aromatic heterocycles. The van der Waals surface area contributed by atoms with Gasteiger partial charge in [0.15, 0.2) is 5.82 Å². The molecule has 3 heterocycles. The summed E-state index contributed by atoms with van der Waals surface area (Å²) in [7, 11) is 0. The number of halogens is 3. The van der Waals surface area contributed by atoms with Gasteiger partial charge in [-0.15, -0.1) is 21.5 Å². The molecule has 0 radical (unpaired) electrons. The Hall–Kier alpha value is -2.94. The van der Waals surface area contributed by atoms with Crippen LogP contribution in [0, 0.1) is 0 Å². The summed E-state index contributed by atoms with van der Waals surface area (Å²) in [6.07, 6.45) is -4.56. The van der Waals surface area contributed by atoms with Crippen LogP contribution in [0.4, 0.5) is 19.0 Å². The van der Waals surface area contributed by atoms with E-state index in [0.717, 1.165) is 16.6 Å². The van der Waals surface area contributed by atoms with Crippen molar-refractivity contribution in [2.24, 2.45) is 0 Å². The third-order valence-electron chi connectivity index (χ3n) is 4.78. The van der Waals surface area contributed by atoms with Crippen molar-refractivity contribution >= 4 is 23.1 Å². The second-order valence-corrected chi connectivity index (χ2v) is 7.52. The van der Waals surface area contributed by atoms with E-state index in [0.29, 0.717) is 32.0 Å². The summed E-state index contributed by atoms with van der Waals surface area (Å²) in [6, 6.07) is 12.6. The summed E-state index contributed by atoms with van der Waals surface area (Å²) in [6.45, 7) is 1.60. The largest absolute Gasteiger partial charge is 0.417 e. The first kappa shape index (κ1) is 19.4. The molecule has 1 fully saturated rings. The Labute approximate surface area is 169 Å². The molecule has 0 unspecified atom stereocenters. The highest BCUT2D eigenvalue weighted by molar-refractivity contribution is 7.13. The molecule has 1 amide bonds. The summed E-state index contributed by atoms with van der Waals surface area (Å²) in [4.78, 5) is 17.1. The van der Waals surface area contributed by atoms with Gasteiger partial charge in [-0.2, -0.15) is 13.2 Å². The van der Waals surface area contributed by atoms with Crippen molar-refractivity contribution in [3.63, 3.8) is 0 Å². The third-order valence-corrected chi connectivity index (χ3v) is 5.67. The van der Waals surface area contributed by atoms with Gasteiger partial charge < -0.3 is 9.80 Å². The van der Waals surface area contributed by atoms with Gasteiger partial charge in [0.1, 0.15) is 5.69 Å².